The van der Waals surface area contributed by atoms with Gasteiger partial charge in [-0.1, -0.05) is 5.16 Å². The zero-order valence-electron chi connectivity index (χ0n) is 15.3. The van der Waals surface area contributed by atoms with Crippen molar-refractivity contribution in [3.63, 3.8) is 0 Å². The molecular formula is C18H16F7N3O2. The summed E-state index contributed by atoms with van der Waals surface area (Å²) in [7, 11) is 0. The van der Waals surface area contributed by atoms with Crippen LogP contribution in [0.3, 0.4) is 0 Å². The Hall–Kier alpha value is -2.79. The molecule has 0 radical (unpaired) electrons. The SMILES string of the molecule is O=C(c1ccc(C(F)(F)F)c(F)c1)N1CCC(c2cc(NCC(F)(F)F)on2)CC1. The van der Waals surface area contributed by atoms with Crippen molar-refractivity contribution >= 4 is 11.8 Å². The smallest absolute Gasteiger partial charge is 0.345 e. The maximum Gasteiger partial charge on any atom is 0.419 e. The number of alkyl halides is 6. The lowest BCUT2D eigenvalue weighted by atomic mass is 9.93. The standard InChI is InChI=1S/C18H16F7N3O2/c19-13-7-11(1-2-12(13)18(23,24)25)16(29)28-5-3-10(4-6-28)14-8-15(30-27-14)26-9-17(20,21)22/h1-2,7-8,10,26H,3-6,9H2. The summed E-state index contributed by atoms with van der Waals surface area (Å²) in [5.41, 5.74) is -1.20. The molecule has 0 bridgehead atoms. The van der Waals surface area contributed by atoms with E-state index in [0.717, 1.165) is 6.07 Å². The Morgan fingerprint density at radius 3 is 2.37 bits per heavy atom. The number of halogens is 7. The molecular weight excluding hydrogens is 423 g/mol. The lowest BCUT2D eigenvalue weighted by Crippen LogP contribution is -2.38. The molecule has 1 amide bonds. The number of anilines is 1. The van der Waals surface area contributed by atoms with Crippen LogP contribution in [-0.2, 0) is 6.18 Å². The van der Waals surface area contributed by atoms with Gasteiger partial charge in [0.15, 0.2) is 0 Å². The van der Waals surface area contributed by atoms with Crippen LogP contribution in [0.25, 0.3) is 0 Å². The molecule has 1 aromatic heterocycles. The van der Waals surface area contributed by atoms with Gasteiger partial charge < -0.3 is 14.7 Å². The highest BCUT2D eigenvalue weighted by Gasteiger charge is 2.35. The molecule has 0 aliphatic carbocycles. The molecule has 30 heavy (non-hydrogen) atoms. The molecule has 2 aromatic rings. The first-order chi connectivity index (χ1) is 13.9. The number of carbonyl (C=O) groups is 1. The minimum atomic E-state index is -4.85. The third kappa shape index (κ3) is 5.22. The highest BCUT2D eigenvalue weighted by Crippen LogP contribution is 2.33. The summed E-state index contributed by atoms with van der Waals surface area (Å²) in [4.78, 5) is 13.8. The minimum absolute atomic E-state index is 0.124. The molecule has 1 N–H and O–H groups in total. The number of benzene rings is 1. The topological polar surface area (TPSA) is 58.4 Å². The van der Waals surface area contributed by atoms with Gasteiger partial charge in [0.05, 0.1) is 11.3 Å². The highest BCUT2D eigenvalue weighted by atomic mass is 19.4. The molecule has 1 aliphatic rings. The van der Waals surface area contributed by atoms with Crippen molar-refractivity contribution < 1.29 is 40.1 Å². The van der Waals surface area contributed by atoms with Crippen LogP contribution in [0.5, 0.6) is 0 Å². The summed E-state index contributed by atoms with van der Waals surface area (Å²) in [6.07, 6.45) is -8.42. The molecule has 0 saturated carbocycles. The van der Waals surface area contributed by atoms with Crippen molar-refractivity contribution in [2.75, 3.05) is 25.0 Å². The van der Waals surface area contributed by atoms with Gasteiger partial charge in [-0.3, -0.25) is 4.79 Å². The number of rotatable bonds is 4. The van der Waals surface area contributed by atoms with Crippen LogP contribution in [0.1, 0.15) is 40.4 Å². The third-order valence-electron chi connectivity index (χ3n) is 4.71. The fourth-order valence-electron chi connectivity index (χ4n) is 3.19. The lowest BCUT2D eigenvalue weighted by Gasteiger charge is -2.31. The van der Waals surface area contributed by atoms with Crippen molar-refractivity contribution in [1.82, 2.24) is 10.1 Å². The monoisotopic (exact) mass is 439 g/mol. The van der Waals surface area contributed by atoms with Crippen LogP contribution in [-0.4, -0.2) is 41.8 Å². The fraction of sp³-hybridized carbons (Fsp3) is 0.444. The quantitative estimate of drug-likeness (QED) is 0.694. The zero-order chi connectivity index (χ0) is 22.1. The van der Waals surface area contributed by atoms with Gasteiger partial charge in [0.2, 0.25) is 5.88 Å². The van der Waals surface area contributed by atoms with E-state index in [4.69, 9.17) is 4.52 Å². The first kappa shape index (κ1) is 21.9. The van der Waals surface area contributed by atoms with Gasteiger partial charge in [0.1, 0.15) is 12.4 Å². The van der Waals surface area contributed by atoms with Crippen molar-refractivity contribution in [3.8, 4) is 0 Å². The second-order valence-corrected chi connectivity index (χ2v) is 6.84. The molecule has 2 heterocycles. The maximum absolute atomic E-state index is 13.7. The molecule has 0 spiro atoms. The molecule has 164 valence electrons. The summed E-state index contributed by atoms with van der Waals surface area (Å²) in [5.74, 6) is -2.41. The van der Waals surface area contributed by atoms with Crippen LogP contribution in [0.4, 0.5) is 36.6 Å². The first-order valence-electron chi connectivity index (χ1n) is 8.87. The van der Waals surface area contributed by atoms with Gasteiger partial charge in [-0.2, -0.15) is 26.3 Å². The Kier molecular flexibility index (Phi) is 5.95. The molecule has 0 unspecified atom stereocenters. The van der Waals surface area contributed by atoms with Crippen molar-refractivity contribution in [2.24, 2.45) is 0 Å². The molecule has 0 atom stereocenters. The number of amides is 1. The number of likely N-dealkylation sites (tertiary alicyclic amines) is 1. The average molecular weight is 439 g/mol. The highest BCUT2D eigenvalue weighted by molar-refractivity contribution is 5.94. The summed E-state index contributed by atoms with van der Waals surface area (Å²) in [6, 6.07) is 3.38. The Labute approximate surface area is 165 Å². The van der Waals surface area contributed by atoms with E-state index in [9.17, 15) is 35.5 Å². The van der Waals surface area contributed by atoms with Crippen LogP contribution in [0.2, 0.25) is 0 Å². The van der Waals surface area contributed by atoms with E-state index >= 15 is 0 Å². The van der Waals surface area contributed by atoms with Crippen LogP contribution >= 0.6 is 0 Å². The summed E-state index contributed by atoms with van der Waals surface area (Å²) >= 11 is 0. The first-order valence-corrected chi connectivity index (χ1v) is 8.87. The van der Waals surface area contributed by atoms with E-state index in [1.165, 1.54) is 11.0 Å². The van der Waals surface area contributed by atoms with E-state index in [1.54, 1.807) is 0 Å². The molecule has 12 heteroatoms. The summed E-state index contributed by atoms with van der Waals surface area (Å²) in [6.45, 7) is -0.813. The minimum Gasteiger partial charge on any atom is -0.345 e. The number of carbonyl (C=O) groups excluding carboxylic acids is 1. The van der Waals surface area contributed by atoms with Gasteiger partial charge >= 0.3 is 12.4 Å². The third-order valence-corrected chi connectivity index (χ3v) is 4.71. The van der Waals surface area contributed by atoms with Crippen molar-refractivity contribution in [2.45, 2.75) is 31.1 Å². The Bertz CT molecular complexity index is 900. The summed E-state index contributed by atoms with van der Waals surface area (Å²) < 4.78 is 93.1. The van der Waals surface area contributed by atoms with Gasteiger partial charge in [0, 0.05) is 30.6 Å². The fourth-order valence-corrected chi connectivity index (χ4v) is 3.19. The molecule has 1 aromatic carbocycles. The predicted octanol–water partition coefficient (Wildman–Crippen LogP) is 4.83. The van der Waals surface area contributed by atoms with Gasteiger partial charge in [0.25, 0.3) is 5.91 Å². The Morgan fingerprint density at radius 1 is 1.13 bits per heavy atom. The molecule has 1 fully saturated rings. The zero-order valence-corrected chi connectivity index (χ0v) is 15.3. The van der Waals surface area contributed by atoms with Crippen LogP contribution in [0.15, 0.2) is 28.8 Å². The molecule has 1 aliphatic heterocycles. The number of hydrogen-bond acceptors (Lipinski definition) is 4. The average Bonchev–Trinajstić information content (AvgIpc) is 3.13. The number of nitrogens with zero attached hydrogens (tertiary/aromatic N) is 2. The van der Waals surface area contributed by atoms with Crippen molar-refractivity contribution in [1.29, 1.82) is 0 Å². The Balaban J connectivity index is 1.58. The van der Waals surface area contributed by atoms with E-state index in [2.05, 4.69) is 10.5 Å². The van der Waals surface area contributed by atoms with E-state index in [-0.39, 0.29) is 30.5 Å². The second kappa shape index (κ2) is 8.15. The normalized spacial score (nSPS) is 16.0. The van der Waals surface area contributed by atoms with E-state index < -0.39 is 36.2 Å². The largest absolute Gasteiger partial charge is 0.419 e. The summed E-state index contributed by atoms with van der Waals surface area (Å²) in [5, 5.41) is 5.83. The van der Waals surface area contributed by atoms with Crippen LogP contribution < -0.4 is 5.32 Å². The second-order valence-electron chi connectivity index (χ2n) is 6.84. The van der Waals surface area contributed by atoms with E-state index in [0.29, 0.717) is 30.7 Å². The molecule has 3 rings (SSSR count). The van der Waals surface area contributed by atoms with Gasteiger partial charge in [-0.15, -0.1) is 0 Å². The Morgan fingerprint density at radius 2 is 1.80 bits per heavy atom. The molecule has 5 nitrogen and oxygen atoms in total. The molecule has 1 saturated heterocycles. The number of aromatic nitrogens is 1. The van der Waals surface area contributed by atoms with Crippen molar-refractivity contribution in [3.05, 3.63) is 46.9 Å². The van der Waals surface area contributed by atoms with Gasteiger partial charge in [-0.25, -0.2) is 4.39 Å². The van der Waals surface area contributed by atoms with E-state index in [1.807, 2.05) is 0 Å². The lowest BCUT2D eigenvalue weighted by molar-refractivity contribution is -0.140. The van der Waals surface area contributed by atoms with Crippen LogP contribution in [0, 0.1) is 5.82 Å². The maximum atomic E-state index is 13.7. The number of piperidine rings is 1. The number of hydrogen-bond donors (Lipinski definition) is 1. The number of nitrogens with one attached hydrogen (secondary N) is 1. The predicted molar refractivity (Wildman–Crippen MR) is 90.3 cm³/mol. The van der Waals surface area contributed by atoms with Gasteiger partial charge in [-0.05, 0) is 31.0 Å².